The number of hydrogen-bond acceptors (Lipinski definition) is 4. The third-order valence-corrected chi connectivity index (χ3v) is 4.91. The third-order valence-electron chi connectivity index (χ3n) is 4.91. The van der Waals surface area contributed by atoms with E-state index in [0.717, 1.165) is 31.6 Å². The van der Waals surface area contributed by atoms with Crippen molar-refractivity contribution >= 4 is 0 Å². The number of aromatic nitrogens is 2. The standard InChI is InChI=1S/C15H26N4O/c1-18-8-7-16-14(18)10-19(2)13-5-6-15(9-13,11-20)17-12-3-4-12/h7-8,12-13,17,20H,3-6,9-11H2,1-2H3. The molecule has 2 aliphatic carbocycles. The van der Waals surface area contributed by atoms with Gasteiger partial charge in [-0.3, -0.25) is 4.90 Å². The molecule has 2 atom stereocenters. The van der Waals surface area contributed by atoms with Gasteiger partial charge in [0.1, 0.15) is 5.82 Å². The van der Waals surface area contributed by atoms with E-state index in [1.54, 1.807) is 0 Å². The fraction of sp³-hybridized carbons (Fsp3) is 0.800. The van der Waals surface area contributed by atoms with E-state index in [-0.39, 0.29) is 12.1 Å². The number of aryl methyl sites for hydroxylation is 1. The molecule has 0 aromatic carbocycles. The molecule has 20 heavy (non-hydrogen) atoms. The van der Waals surface area contributed by atoms with Gasteiger partial charge in [0.2, 0.25) is 0 Å². The van der Waals surface area contributed by atoms with E-state index >= 15 is 0 Å². The highest BCUT2D eigenvalue weighted by Gasteiger charge is 2.43. The number of hydrogen-bond donors (Lipinski definition) is 2. The van der Waals surface area contributed by atoms with Gasteiger partial charge >= 0.3 is 0 Å². The lowest BCUT2D eigenvalue weighted by atomic mass is 9.98. The van der Waals surface area contributed by atoms with Crippen LogP contribution < -0.4 is 5.32 Å². The van der Waals surface area contributed by atoms with Crippen LogP contribution in [0.1, 0.15) is 37.9 Å². The Morgan fingerprint density at radius 1 is 1.50 bits per heavy atom. The Labute approximate surface area is 121 Å². The molecule has 5 nitrogen and oxygen atoms in total. The number of imidazole rings is 1. The molecule has 0 aliphatic heterocycles. The van der Waals surface area contributed by atoms with Crippen LogP contribution >= 0.6 is 0 Å². The van der Waals surface area contributed by atoms with Crippen LogP contribution in [0, 0.1) is 0 Å². The summed E-state index contributed by atoms with van der Waals surface area (Å²) in [6.07, 6.45) is 9.66. The molecule has 112 valence electrons. The highest BCUT2D eigenvalue weighted by atomic mass is 16.3. The summed E-state index contributed by atoms with van der Waals surface area (Å²) in [4.78, 5) is 6.78. The number of aliphatic hydroxyl groups excluding tert-OH is 1. The van der Waals surface area contributed by atoms with E-state index in [9.17, 15) is 5.11 Å². The molecular weight excluding hydrogens is 252 g/mol. The quantitative estimate of drug-likeness (QED) is 0.811. The minimum atomic E-state index is -0.0399. The summed E-state index contributed by atoms with van der Waals surface area (Å²) < 4.78 is 2.08. The molecule has 1 heterocycles. The number of nitrogens with zero attached hydrogens (tertiary/aromatic N) is 3. The van der Waals surface area contributed by atoms with Crippen molar-refractivity contribution in [2.24, 2.45) is 7.05 Å². The fourth-order valence-corrected chi connectivity index (χ4v) is 3.36. The smallest absolute Gasteiger partial charge is 0.122 e. The first-order valence-electron chi connectivity index (χ1n) is 7.67. The minimum Gasteiger partial charge on any atom is -0.394 e. The molecule has 3 rings (SSSR count). The molecule has 2 aliphatic rings. The first-order valence-corrected chi connectivity index (χ1v) is 7.67. The Hall–Kier alpha value is -0.910. The molecule has 0 saturated heterocycles. The van der Waals surface area contributed by atoms with Gasteiger partial charge in [-0.05, 0) is 39.2 Å². The van der Waals surface area contributed by atoms with E-state index in [0.29, 0.717) is 12.1 Å². The van der Waals surface area contributed by atoms with Gasteiger partial charge in [-0.15, -0.1) is 0 Å². The number of rotatable bonds is 6. The molecule has 0 amide bonds. The zero-order valence-corrected chi connectivity index (χ0v) is 12.5. The fourth-order valence-electron chi connectivity index (χ4n) is 3.36. The summed E-state index contributed by atoms with van der Waals surface area (Å²) in [6.45, 7) is 1.13. The zero-order chi connectivity index (χ0) is 14.2. The summed E-state index contributed by atoms with van der Waals surface area (Å²) in [7, 11) is 4.21. The van der Waals surface area contributed by atoms with E-state index in [4.69, 9.17) is 0 Å². The Morgan fingerprint density at radius 2 is 2.30 bits per heavy atom. The Balaban J connectivity index is 1.59. The van der Waals surface area contributed by atoms with Crippen LogP contribution in [0.2, 0.25) is 0 Å². The molecule has 2 unspecified atom stereocenters. The molecule has 2 fully saturated rings. The van der Waals surface area contributed by atoms with E-state index in [1.807, 2.05) is 19.4 Å². The number of aliphatic hydroxyl groups is 1. The van der Waals surface area contributed by atoms with Gasteiger partial charge < -0.3 is 15.0 Å². The first-order chi connectivity index (χ1) is 9.62. The second-order valence-corrected chi connectivity index (χ2v) is 6.62. The van der Waals surface area contributed by atoms with Crippen LogP contribution in [-0.2, 0) is 13.6 Å². The Bertz CT molecular complexity index is 456. The largest absolute Gasteiger partial charge is 0.394 e. The molecule has 5 heteroatoms. The molecule has 2 saturated carbocycles. The normalized spacial score (nSPS) is 30.3. The van der Waals surface area contributed by atoms with Crippen molar-refractivity contribution in [2.75, 3.05) is 13.7 Å². The van der Waals surface area contributed by atoms with Crippen molar-refractivity contribution < 1.29 is 5.11 Å². The van der Waals surface area contributed by atoms with Crippen molar-refractivity contribution in [3.63, 3.8) is 0 Å². The Morgan fingerprint density at radius 3 is 2.90 bits per heavy atom. The molecular formula is C15H26N4O. The van der Waals surface area contributed by atoms with Crippen LogP contribution in [0.4, 0.5) is 0 Å². The topological polar surface area (TPSA) is 53.3 Å². The lowest BCUT2D eigenvalue weighted by Crippen LogP contribution is -2.48. The predicted molar refractivity (Wildman–Crippen MR) is 78.3 cm³/mol. The van der Waals surface area contributed by atoms with Crippen LogP contribution in [-0.4, -0.2) is 50.8 Å². The van der Waals surface area contributed by atoms with Crippen LogP contribution in [0.5, 0.6) is 0 Å². The monoisotopic (exact) mass is 278 g/mol. The van der Waals surface area contributed by atoms with Gasteiger partial charge in [-0.1, -0.05) is 0 Å². The maximum absolute atomic E-state index is 9.80. The zero-order valence-electron chi connectivity index (χ0n) is 12.5. The van der Waals surface area contributed by atoms with Crippen LogP contribution in [0.15, 0.2) is 12.4 Å². The van der Waals surface area contributed by atoms with Crippen LogP contribution in [0.25, 0.3) is 0 Å². The predicted octanol–water partition coefficient (Wildman–Crippen LogP) is 0.887. The third kappa shape index (κ3) is 2.90. The highest BCUT2D eigenvalue weighted by molar-refractivity contribution is 5.03. The van der Waals surface area contributed by atoms with Crippen LogP contribution in [0.3, 0.4) is 0 Å². The van der Waals surface area contributed by atoms with Gasteiger partial charge in [-0.25, -0.2) is 4.98 Å². The van der Waals surface area contributed by atoms with Gasteiger partial charge in [0.15, 0.2) is 0 Å². The van der Waals surface area contributed by atoms with Gasteiger partial charge in [0.25, 0.3) is 0 Å². The van der Waals surface area contributed by atoms with Gasteiger partial charge in [0, 0.05) is 37.1 Å². The molecule has 0 bridgehead atoms. The summed E-state index contributed by atoms with van der Waals surface area (Å²) in [5.41, 5.74) is -0.0399. The number of nitrogens with one attached hydrogen (secondary N) is 1. The van der Waals surface area contributed by atoms with E-state index in [2.05, 4.69) is 26.8 Å². The van der Waals surface area contributed by atoms with Crippen molar-refractivity contribution in [2.45, 2.75) is 56.3 Å². The lowest BCUT2D eigenvalue weighted by molar-refractivity contribution is 0.146. The van der Waals surface area contributed by atoms with Gasteiger partial charge in [-0.2, -0.15) is 0 Å². The molecule has 1 aromatic heterocycles. The average molecular weight is 278 g/mol. The van der Waals surface area contributed by atoms with E-state index in [1.165, 1.54) is 12.8 Å². The average Bonchev–Trinajstić information content (AvgIpc) is 2.99. The maximum Gasteiger partial charge on any atom is 0.122 e. The summed E-state index contributed by atoms with van der Waals surface area (Å²) in [5, 5.41) is 13.5. The molecule has 0 radical (unpaired) electrons. The molecule has 2 N–H and O–H groups in total. The first kappa shape index (κ1) is 14.0. The van der Waals surface area contributed by atoms with Crippen molar-refractivity contribution in [3.8, 4) is 0 Å². The highest BCUT2D eigenvalue weighted by Crippen LogP contribution is 2.36. The Kier molecular flexibility index (Phi) is 3.84. The second-order valence-electron chi connectivity index (χ2n) is 6.62. The summed E-state index contributed by atoms with van der Waals surface area (Å²) >= 11 is 0. The van der Waals surface area contributed by atoms with Crippen molar-refractivity contribution in [1.29, 1.82) is 0 Å². The summed E-state index contributed by atoms with van der Waals surface area (Å²) in [5.74, 6) is 1.10. The van der Waals surface area contributed by atoms with E-state index < -0.39 is 0 Å². The van der Waals surface area contributed by atoms with Crippen molar-refractivity contribution in [3.05, 3.63) is 18.2 Å². The molecule has 0 spiro atoms. The van der Waals surface area contributed by atoms with Gasteiger partial charge in [0.05, 0.1) is 13.2 Å². The maximum atomic E-state index is 9.80. The van der Waals surface area contributed by atoms with Crippen molar-refractivity contribution in [1.82, 2.24) is 19.8 Å². The lowest BCUT2D eigenvalue weighted by Gasteiger charge is -2.31. The summed E-state index contributed by atoms with van der Waals surface area (Å²) in [6, 6.07) is 1.19. The second kappa shape index (κ2) is 5.47. The molecule has 1 aromatic rings. The minimum absolute atomic E-state index is 0.0399. The SMILES string of the molecule is CN(Cc1nccn1C)C1CCC(CO)(NC2CC2)C1.